The zero-order chi connectivity index (χ0) is 17.3. The first-order valence-corrected chi connectivity index (χ1v) is 7.87. The summed E-state index contributed by atoms with van der Waals surface area (Å²) in [7, 11) is 4.88. The summed E-state index contributed by atoms with van der Waals surface area (Å²) in [4.78, 5) is 21.8. The van der Waals surface area contributed by atoms with Crippen molar-refractivity contribution in [2.45, 2.75) is 0 Å². The van der Waals surface area contributed by atoms with Crippen molar-refractivity contribution in [3.63, 3.8) is 0 Å². The Morgan fingerprint density at radius 2 is 1.88 bits per heavy atom. The number of ether oxygens (including phenoxy) is 2. The quantitative estimate of drug-likeness (QED) is 0.722. The van der Waals surface area contributed by atoms with E-state index in [4.69, 9.17) is 9.47 Å². The molecule has 0 aliphatic heterocycles. The molecule has 0 aliphatic carbocycles. The van der Waals surface area contributed by atoms with Crippen molar-refractivity contribution < 1.29 is 19.4 Å². The van der Waals surface area contributed by atoms with Crippen LogP contribution >= 0.6 is 23.7 Å². The predicted molar refractivity (Wildman–Crippen MR) is 99.2 cm³/mol. The van der Waals surface area contributed by atoms with E-state index in [2.05, 4.69) is 9.97 Å². The minimum Gasteiger partial charge on any atom is -0.493 e. The number of carbonyl (C=O) groups is 1. The summed E-state index contributed by atoms with van der Waals surface area (Å²) in [6.07, 6.45) is 0. The molecular formula is C16H16ClN3O4S. The molecule has 2 aromatic heterocycles. The molecule has 0 saturated heterocycles. The molecule has 0 amide bonds. The number of anilines is 2. The van der Waals surface area contributed by atoms with Gasteiger partial charge in [0.25, 0.3) is 0 Å². The topological polar surface area (TPSA) is 84.8 Å². The number of rotatable bonds is 5. The molecule has 25 heavy (non-hydrogen) atoms. The molecule has 1 aromatic carbocycles. The standard InChI is InChI=1S/C16H15N3O4S.ClH/c1-19(9-4-5-11(22-2)12(8-9)23-3)16-17-10-6-7-24-14(10)13(18-16)15(20)21;/h4-8H,1-3H3,(H,20,21);1H. The predicted octanol–water partition coefficient (Wildman–Crippen LogP) is 3.60. The Morgan fingerprint density at radius 3 is 2.52 bits per heavy atom. The van der Waals surface area contributed by atoms with Crippen LogP contribution in [0.4, 0.5) is 11.6 Å². The van der Waals surface area contributed by atoms with Crippen molar-refractivity contribution in [3.05, 3.63) is 35.3 Å². The van der Waals surface area contributed by atoms with Crippen LogP contribution in [-0.2, 0) is 0 Å². The normalized spacial score (nSPS) is 10.2. The van der Waals surface area contributed by atoms with Gasteiger partial charge in [-0.2, -0.15) is 0 Å². The Bertz CT molecular complexity index is 916. The molecule has 0 unspecified atom stereocenters. The van der Waals surface area contributed by atoms with Crippen molar-refractivity contribution in [2.75, 3.05) is 26.2 Å². The number of fused-ring (bicyclic) bond motifs is 1. The number of hydrogen-bond acceptors (Lipinski definition) is 7. The van der Waals surface area contributed by atoms with E-state index in [-0.39, 0.29) is 18.1 Å². The molecule has 0 fully saturated rings. The van der Waals surface area contributed by atoms with E-state index in [9.17, 15) is 9.90 Å². The van der Waals surface area contributed by atoms with Crippen molar-refractivity contribution in [2.24, 2.45) is 0 Å². The van der Waals surface area contributed by atoms with Gasteiger partial charge in [-0.3, -0.25) is 0 Å². The van der Waals surface area contributed by atoms with Gasteiger partial charge in [-0.15, -0.1) is 23.7 Å². The Labute approximate surface area is 154 Å². The largest absolute Gasteiger partial charge is 0.493 e. The third-order valence-electron chi connectivity index (χ3n) is 3.55. The maximum atomic E-state index is 11.5. The second-order valence-electron chi connectivity index (χ2n) is 4.91. The summed E-state index contributed by atoms with van der Waals surface area (Å²) >= 11 is 1.31. The number of thiophene rings is 1. The highest BCUT2D eigenvalue weighted by Crippen LogP contribution is 2.33. The zero-order valence-corrected chi connectivity index (χ0v) is 15.3. The fourth-order valence-corrected chi connectivity index (χ4v) is 3.11. The van der Waals surface area contributed by atoms with Gasteiger partial charge in [0.05, 0.1) is 24.4 Å². The number of methoxy groups -OCH3 is 2. The van der Waals surface area contributed by atoms with Gasteiger partial charge in [0, 0.05) is 18.8 Å². The lowest BCUT2D eigenvalue weighted by Crippen LogP contribution is -2.15. The van der Waals surface area contributed by atoms with Gasteiger partial charge in [-0.05, 0) is 23.6 Å². The molecule has 3 aromatic rings. The Morgan fingerprint density at radius 1 is 1.16 bits per heavy atom. The van der Waals surface area contributed by atoms with Gasteiger partial charge in [0.2, 0.25) is 5.95 Å². The molecule has 0 spiro atoms. The number of aromatic carboxylic acids is 1. The van der Waals surface area contributed by atoms with Crippen LogP contribution in [0, 0.1) is 0 Å². The van der Waals surface area contributed by atoms with Crippen LogP contribution in [0.2, 0.25) is 0 Å². The second kappa shape index (κ2) is 7.54. The van der Waals surface area contributed by atoms with Gasteiger partial charge in [0.15, 0.2) is 17.2 Å². The lowest BCUT2D eigenvalue weighted by molar-refractivity contribution is 0.0693. The van der Waals surface area contributed by atoms with Crippen LogP contribution in [0.1, 0.15) is 10.5 Å². The van der Waals surface area contributed by atoms with E-state index in [1.165, 1.54) is 11.3 Å². The third-order valence-corrected chi connectivity index (χ3v) is 4.46. The molecule has 132 valence electrons. The maximum Gasteiger partial charge on any atom is 0.356 e. The first kappa shape index (κ1) is 18.8. The highest BCUT2D eigenvalue weighted by Gasteiger charge is 2.18. The summed E-state index contributed by atoms with van der Waals surface area (Å²) in [5.74, 6) is 0.393. The average molecular weight is 382 g/mol. The number of carboxylic acids is 1. The molecule has 0 radical (unpaired) electrons. The fourth-order valence-electron chi connectivity index (χ4n) is 2.30. The summed E-state index contributed by atoms with van der Waals surface area (Å²) in [5.41, 5.74) is 1.35. The maximum absolute atomic E-state index is 11.5. The Hall–Kier alpha value is -2.58. The van der Waals surface area contributed by atoms with Crippen LogP contribution in [0.25, 0.3) is 10.2 Å². The third kappa shape index (κ3) is 3.45. The molecule has 9 heteroatoms. The van der Waals surface area contributed by atoms with Crippen molar-refractivity contribution in [1.82, 2.24) is 9.97 Å². The van der Waals surface area contributed by atoms with E-state index < -0.39 is 5.97 Å². The molecule has 2 heterocycles. The van der Waals surface area contributed by atoms with Gasteiger partial charge >= 0.3 is 5.97 Å². The molecule has 0 aliphatic rings. The van der Waals surface area contributed by atoms with E-state index in [1.54, 1.807) is 49.7 Å². The number of benzene rings is 1. The van der Waals surface area contributed by atoms with Gasteiger partial charge in [0.1, 0.15) is 0 Å². The second-order valence-corrected chi connectivity index (χ2v) is 5.83. The molecule has 0 saturated carbocycles. The number of halogens is 1. The van der Waals surface area contributed by atoms with Crippen LogP contribution in [0.3, 0.4) is 0 Å². The lowest BCUT2D eigenvalue weighted by Gasteiger charge is -2.19. The van der Waals surface area contributed by atoms with Crippen LogP contribution < -0.4 is 14.4 Å². The van der Waals surface area contributed by atoms with Gasteiger partial charge < -0.3 is 19.5 Å². The van der Waals surface area contributed by atoms with Gasteiger partial charge in [-0.25, -0.2) is 14.8 Å². The number of carboxylic acid groups (broad SMARTS) is 1. The van der Waals surface area contributed by atoms with Gasteiger partial charge in [-0.1, -0.05) is 0 Å². The highest BCUT2D eigenvalue weighted by atomic mass is 35.5. The summed E-state index contributed by atoms with van der Waals surface area (Å²) in [6, 6.07) is 7.15. The minimum atomic E-state index is -1.08. The molecule has 7 nitrogen and oxygen atoms in total. The first-order valence-electron chi connectivity index (χ1n) is 6.99. The summed E-state index contributed by atoms with van der Waals surface area (Å²) < 4.78 is 11.1. The van der Waals surface area contributed by atoms with Crippen molar-refractivity contribution in [3.8, 4) is 11.5 Å². The van der Waals surface area contributed by atoms with Crippen LogP contribution in [-0.4, -0.2) is 42.3 Å². The zero-order valence-electron chi connectivity index (χ0n) is 13.7. The number of aromatic nitrogens is 2. The fraction of sp³-hybridized carbons (Fsp3) is 0.188. The van der Waals surface area contributed by atoms with Crippen molar-refractivity contribution >= 4 is 51.6 Å². The van der Waals surface area contributed by atoms with E-state index >= 15 is 0 Å². The average Bonchev–Trinajstić information content (AvgIpc) is 3.07. The highest BCUT2D eigenvalue weighted by molar-refractivity contribution is 7.17. The summed E-state index contributed by atoms with van der Waals surface area (Å²) in [5, 5.41) is 11.2. The molecular weight excluding hydrogens is 366 g/mol. The van der Waals surface area contributed by atoms with E-state index in [0.29, 0.717) is 27.7 Å². The molecule has 0 bridgehead atoms. The smallest absolute Gasteiger partial charge is 0.356 e. The van der Waals surface area contributed by atoms with E-state index in [1.807, 2.05) is 6.07 Å². The molecule has 1 N–H and O–H groups in total. The SMILES string of the molecule is COc1ccc(N(C)c2nc(C(=O)O)c3sccc3n2)cc1OC.Cl. The first-order chi connectivity index (χ1) is 11.5. The number of hydrogen-bond donors (Lipinski definition) is 1. The van der Waals surface area contributed by atoms with E-state index in [0.717, 1.165) is 5.69 Å². The van der Waals surface area contributed by atoms with Crippen LogP contribution in [0.15, 0.2) is 29.6 Å². The minimum absolute atomic E-state index is 0. The molecule has 0 atom stereocenters. The Balaban J connectivity index is 0.00000225. The number of nitrogens with zero attached hydrogens (tertiary/aromatic N) is 3. The molecule has 3 rings (SSSR count). The summed E-state index contributed by atoms with van der Waals surface area (Å²) in [6.45, 7) is 0. The lowest BCUT2D eigenvalue weighted by atomic mass is 10.2. The monoisotopic (exact) mass is 381 g/mol. The van der Waals surface area contributed by atoms with Crippen LogP contribution in [0.5, 0.6) is 11.5 Å². The van der Waals surface area contributed by atoms with Crippen molar-refractivity contribution in [1.29, 1.82) is 0 Å². The Kier molecular flexibility index (Phi) is 5.66.